The number of para-hydroxylation sites is 2. The van der Waals surface area contributed by atoms with Gasteiger partial charge in [-0.05, 0) is 31.5 Å². The second-order valence-electron chi connectivity index (χ2n) is 5.36. The SMILES string of the molecule is Cc1ccc(N/C=C(/C#N)C(=O)Nc2ccccc2[N+](=O)[O-])c(C)c1. The molecule has 126 valence electrons. The third-order valence-corrected chi connectivity index (χ3v) is 3.47. The van der Waals surface area contributed by atoms with Gasteiger partial charge in [-0.15, -0.1) is 0 Å². The number of nitrogens with zero attached hydrogens (tertiary/aromatic N) is 2. The second kappa shape index (κ2) is 7.75. The van der Waals surface area contributed by atoms with Crippen molar-refractivity contribution in [3.05, 3.63) is 75.5 Å². The second-order valence-corrected chi connectivity index (χ2v) is 5.36. The van der Waals surface area contributed by atoms with Crippen LogP contribution < -0.4 is 10.6 Å². The van der Waals surface area contributed by atoms with Gasteiger partial charge in [-0.3, -0.25) is 14.9 Å². The van der Waals surface area contributed by atoms with Gasteiger partial charge in [0.15, 0.2) is 0 Å². The maximum atomic E-state index is 12.2. The van der Waals surface area contributed by atoms with Gasteiger partial charge in [0.2, 0.25) is 0 Å². The molecule has 7 nitrogen and oxygen atoms in total. The standard InChI is InChI=1S/C18H16N4O3/c1-12-7-8-15(13(2)9-12)20-11-14(10-19)18(23)21-16-5-3-4-6-17(16)22(24)25/h3-9,11,20H,1-2H3,(H,21,23)/b14-11-. The van der Waals surface area contributed by atoms with E-state index in [1.165, 1.54) is 24.4 Å². The number of rotatable bonds is 5. The molecule has 0 aromatic heterocycles. The molecular formula is C18H16N4O3. The van der Waals surface area contributed by atoms with Gasteiger partial charge in [0.1, 0.15) is 17.3 Å². The predicted octanol–water partition coefficient (Wildman–Crippen LogP) is 3.67. The zero-order chi connectivity index (χ0) is 18.4. The van der Waals surface area contributed by atoms with E-state index in [1.54, 1.807) is 12.1 Å². The lowest BCUT2D eigenvalue weighted by molar-refractivity contribution is -0.383. The van der Waals surface area contributed by atoms with E-state index >= 15 is 0 Å². The molecule has 0 atom stereocenters. The molecule has 0 heterocycles. The zero-order valence-corrected chi connectivity index (χ0v) is 13.7. The van der Waals surface area contributed by atoms with Gasteiger partial charge in [-0.2, -0.15) is 5.26 Å². The number of aryl methyl sites for hydroxylation is 2. The summed E-state index contributed by atoms with van der Waals surface area (Å²) in [7, 11) is 0. The Morgan fingerprint density at radius 1 is 1.20 bits per heavy atom. The minimum atomic E-state index is -0.728. The number of benzene rings is 2. The highest BCUT2D eigenvalue weighted by molar-refractivity contribution is 6.07. The van der Waals surface area contributed by atoms with Crippen LogP contribution in [0.25, 0.3) is 0 Å². The summed E-state index contributed by atoms with van der Waals surface area (Å²) in [4.78, 5) is 22.6. The lowest BCUT2D eigenvalue weighted by Crippen LogP contribution is -2.15. The van der Waals surface area contributed by atoms with Gasteiger partial charge in [-0.25, -0.2) is 0 Å². The number of nitro groups is 1. The van der Waals surface area contributed by atoms with Crippen LogP contribution in [0.5, 0.6) is 0 Å². The van der Waals surface area contributed by atoms with Gasteiger partial charge in [0.25, 0.3) is 11.6 Å². The molecule has 0 spiro atoms. The third-order valence-electron chi connectivity index (χ3n) is 3.47. The Morgan fingerprint density at radius 2 is 1.92 bits per heavy atom. The molecule has 0 unspecified atom stereocenters. The molecular weight excluding hydrogens is 320 g/mol. The highest BCUT2D eigenvalue weighted by Crippen LogP contribution is 2.23. The number of nitrogens with one attached hydrogen (secondary N) is 2. The van der Waals surface area contributed by atoms with Crippen molar-refractivity contribution in [3.63, 3.8) is 0 Å². The van der Waals surface area contributed by atoms with Crippen molar-refractivity contribution in [2.24, 2.45) is 0 Å². The van der Waals surface area contributed by atoms with E-state index < -0.39 is 10.8 Å². The number of carbonyl (C=O) groups is 1. The maximum absolute atomic E-state index is 12.2. The number of carbonyl (C=O) groups excluding carboxylic acids is 1. The van der Waals surface area contributed by atoms with Gasteiger partial charge in [0.05, 0.1) is 4.92 Å². The maximum Gasteiger partial charge on any atom is 0.292 e. The van der Waals surface area contributed by atoms with Gasteiger partial charge in [0, 0.05) is 18.0 Å². The zero-order valence-electron chi connectivity index (χ0n) is 13.7. The Hall–Kier alpha value is -3.66. The van der Waals surface area contributed by atoms with Crippen LogP contribution in [0.3, 0.4) is 0 Å². The molecule has 0 saturated heterocycles. The molecule has 25 heavy (non-hydrogen) atoms. The first kappa shape index (κ1) is 17.7. The van der Waals surface area contributed by atoms with E-state index in [2.05, 4.69) is 10.6 Å². The molecule has 2 N–H and O–H groups in total. The van der Waals surface area contributed by atoms with E-state index in [0.29, 0.717) is 0 Å². The fourth-order valence-electron chi connectivity index (χ4n) is 2.20. The van der Waals surface area contributed by atoms with Gasteiger partial charge in [-0.1, -0.05) is 29.8 Å². The molecule has 7 heteroatoms. The number of nitro benzene ring substituents is 1. The van der Waals surface area contributed by atoms with Gasteiger partial charge < -0.3 is 10.6 Å². The lowest BCUT2D eigenvalue weighted by Gasteiger charge is -2.08. The summed E-state index contributed by atoms with van der Waals surface area (Å²) in [6.45, 7) is 3.87. The Bertz CT molecular complexity index is 897. The van der Waals surface area contributed by atoms with Crippen LogP contribution in [0.4, 0.5) is 17.1 Å². The average Bonchev–Trinajstić information content (AvgIpc) is 2.57. The van der Waals surface area contributed by atoms with Crippen molar-refractivity contribution in [2.75, 3.05) is 10.6 Å². The Balaban J connectivity index is 2.19. The van der Waals surface area contributed by atoms with Crippen molar-refractivity contribution in [1.82, 2.24) is 0 Å². The molecule has 2 aromatic carbocycles. The normalized spacial score (nSPS) is 10.7. The van der Waals surface area contributed by atoms with Crippen molar-refractivity contribution in [1.29, 1.82) is 5.26 Å². The highest BCUT2D eigenvalue weighted by atomic mass is 16.6. The number of hydrogen-bond acceptors (Lipinski definition) is 5. The largest absolute Gasteiger partial charge is 0.360 e. The minimum Gasteiger partial charge on any atom is -0.360 e. The first-order valence-electron chi connectivity index (χ1n) is 7.41. The van der Waals surface area contributed by atoms with E-state index in [0.717, 1.165) is 16.8 Å². The third kappa shape index (κ3) is 4.42. The average molecular weight is 336 g/mol. The summed E-state index contributed by atoms with van der Waals surface area (Å²) in [5, 5.41) is 25.5. The molecule has 0 aliphatic rings. The van der Waals surface area contributed by atoms with E-state index in [-0.39, 0.29) is 16.9 Å². The molecule has 0 saturated carbocycles. The molecule has 2 aromatic rings. The van der Waals surface area contributed by atoms with Crippen LogP contribution in [0, 0.1) is 35.3 Å². The number of amides is 1. The van der Waals surface area contributed by atoms with Crippen molar-refractivity contribution >= 4 is 23.0 Å². The smallest absolute Gasteiger partial charge is 0.292 e. The topological polar surface area (TPSA) is 108 Å². The predicted molar refractivity (Wildman–Crippen MR) is 95.0 cm³/mol. The Kier molecular flexibility index (Phi) is 5.48. The number of hydrogen-bond donors (Lipinski definition) is 2. The molecule has 2 rings (SSSR count). The van der Waals surface area contributed by atoms with E-state index in [1.807, 2.05) is 32.0 Å². The van der Waals surface area contributed by atoms with Crippen molar-refractivity contribution in [3.8, 4) is 6.07 Å². The molecule has 1 amide bonds. The van der Waals surface area contributed by atoms with Crippen LogP contribution in [0.15, 0.2) is 54.2 Å². The summed E-state index contributed by atoms with van der Waals surface area (Å²) in [5.74, 6) is -0.728. The summed E-state index contributed by atoms with van der Waals surface area (Å²) in [6, 6.07) is 13.2. The van der Waals surface area contributed by atoms with Crippen LogP contribution in [-0.2, 0) is 4.79 Å². The monoisotopic (exact) mass is 336 g/mol. The van der Waals surface area contributed by atoms with Gasteiger partial charge >= 0.3 is 0 Å². The summed E-state index contributed by atoms with van der Waals surface area (Å²) < 4.78 is 0. The van der Waals surface area contributed by atoms with Crippen molar-refractivity contribution < 1.29 is 9.72 Å². The first-order chi connectivity index (χ1) is 11.9. The quantitative estimate of drug-likeness (QED) is 0.375. The van der Waals surface area contributed by atoms with Crippen LogP contribution in [-0.4, -0.2) is 10.8 Å². The lowest BCUT2D eigenvalue weighted by atomic mass is 10.1. The van der Waals surface area contributed by atoms with Crippen LogP contribution in [0.2, 0.25) is 0 Å². The summed E-state index contributed by atoms with van der Waals surface area (Å²) in [6.07, 6.45) is 1.28. The number of anilines is 2. The summed E-state index contributed by atoms with van der Waals surface area (Å²) in [5.41, 5.74) is 2.42. The van der Waals surface area contributed by atoms with E-state index in [9.17, 15) is 20.2 Å². The summed E-state index contributed by atoms with van der Waals surface area (Å²) >= 11 is 0. The molecule has 0 aliphatic carbocycles. The number of nitriles is 1. The molecule has 0 fully saturated rings. The Labute approximate surface area is 144 Å². The fourth-order valence-corrected chi connectivity index (χ4v) is 2.20. The molecule has 0 radical (unpaired) electrons. The first-order valence-corrected chi connectivity index (χ1v) is 7.41. The van der Waals surface area contributed by atoms with Crippen LogP contribution >= 0.6 is 0 Å². The van der Waals surface area contributed by atoms with Crippen LogP contribution in [0.1, 0.15) is 11.1 Å². The molecule has 0 bridgehead atoms. The fraction of sp³-hybridized carbons (Fsp3) is 0.111. The highest BCUT2D eigenvalue weighted by Gasteiger charge is 2.17. The van der Waals surface area contributed by atoms with Crippen molar-refractivity contribution in [2.45, 2.75) is 13.8 Å². The molecule has 0 aliphatic heterocycles. The minimum absolute atomic E-state index is 0.0326. The van der Waals surface area contributed by atoms with E-state index in [4.69, 9.17) is 0 Å². The Morgan fingerprint density at radius 3 is 2.56 bits per heavy atom.